The molecule has 3 nitrogen and oxygen atoms in total. The summed E-state index contributed by atoms with van der Waals surface area (Å²) in [4.78, 5) is 12.2. The Bertz CT molecular complexity index is 705. The molecular formula is C16H12Cl2N2O. The molecule has 0 saturated heterocycles. The van der Waals surface area contributed by atoms with Gasteiger partial charge in [-0.2, -0.15) is 5.26 Å². The number of nitriles is 1. The summed E-state index contributed by atoms with van der Waals surface area (Å²) in [5.74, 6) is -0.292. The van der Waals surface area contributed by atoms with E-state index in [0.29, 0.717) is 16.1 Å². The molecule has 0 aliphatic rings. The van der Waals surface area contributed by atoms with E-state index in [1.807, 2.05) is 19.1 Å². The molecule has 1 N–H and O–H groups in total. The molecule has 1 unspecified atom stereocenters. The zero-order chi connectivity index (χ0) is 15.4. The van der Waals surface area contributed by atoms with Crippen molar-refractivity contribution < 1.29 is 4.79 Å². The van der Waals surface area contributed by atoms with Crippen LogP contribution in [0.1, 0.15) is 34.5 Å². The lowest BCUT2D eigenvalue weighted by Crippen LogP contribution is -2.26. The fourth-order valence-electron chi connectivity index (χ4n) is 1.88. The number of hydrogen-bond donors (Lipinski definition) is 1. The lowest BCUT2D eigenvalue weighted by Gasteiger charge is -2.15. The summed E-state index contributed by atoms with van der Waals surface area (Å²) >= 11 is 11.9. The summed E-state index contributed by atoms with van der Waals surface area (Å²) in [6, 6.07) is 13.8. The van der Waals surface area contributed by atoms with Gasteiger partial charge in [0.1, 0.15) is 0 Å². The molecule has 0 aliphatic heterocycles. The second-order valence-corrected chi connectivity index (χ2v) is 5.32. The van der Waals surface area contributed by atoms with Crippen LogP contribution in [0.25, 0.3) is 0 Å². The van der Waals surface area contributed by atoms with E-state index >= 15 is 0 Å². The Hall–Kier alpha value is -2.02. The molecule has 0 heterocycles. The molecule has 0 aromatic heterocycles. The van der Waals surface area contributed by atoms with Crippen molar-refractivity contribution in [1.29, 1.82) is 5.26 Å². The van der Waals surface area contributed by atoms with Crippen molar-refractivity contribution >= 4 is 29.1 Å². The average molecular weight is 319 g/mol. The van der Waals surface area contributed by atoms with Gasteiger partial charge in [-0.15, -0.1) is 0 Å². The third-order valence-corrected chi connectivity index (χ3v) is 3.90. The summed E-state index contributed by atoms with van der Waals surface area (Å²) in [5.41, 5.74) is 1.82. The molecule has 0 bridgehead atoms. The Kier molecular flexibility index (Phi) is 4.85. The lowest BCUT2D eigenvalue weighted by atomic mass is 10.1. The van der Waals surface area contributed by atoms with Crippen LogP contribution in [-0.2, 0) is 0 Å². The van der Waals surface area contributed by atoms with Gasteiger partial charge in [0, 0.05) is 0 Å². The van der Waals surface area contributed by atoms with Crippen LogP contribution in [0.15, 0.2) is 42.5 Å². The fraction of sp³-hybridized carbons (Fsp3) is 0.125. The minimum Gasteiger partial charge on any atom is -0.345 e. The topological polar surface area (TPSA) is 52.9 Å². The van der Waals surface area contributed by atoms with Gasteiger partial charge < -0.3 is 5.32 Å². The third kappa shape index (κ3) is 3.55. The highest BCUT2D eigenvalue weighted by molar-refractivity contribution is 6.43. The van der Waals surface area contributed by atoms with Crippen LogP contribution in [0.3, 0.4) is 0 Å². The quantitative estimate of drug-likeness (QED) is 0.914. The second kappa shape index (κ2) is 6.62. The Morgan fingerprint density at radius 1 is 1.19 bits per heavy atom. The molecule has 0 fully saturated rings. The summed E-state index contributed by atoms with van der Waals surface area (Å²) in [6.07, 6.45) is 0. The van der Waals surface area contributed by atoms with Crippen LogP contribution in [0, 0.1) is 11.3 Å². The van der Waals surface area contributed by atoms with Crippen LogP contribution in [-0.4, -0.2) is 5.91 Å². The van der Waals surface area contributed by atoms with Crippen LogP contribution in [0.5, 0.6) is 0 Å². The van der Waals surface area contributed by atoms with Crippen molar-refractivity contribution in [2.45, 2.75) is 13.0 Å². The van der Waals surface area contributed by atoms with E-state index in [0.717, 1.165) is 5.56 Å². The summed E-state index contributed by atoms with van der Waals surface area (Å²) in [6.45, 7) is 1.86. The van der Waals surface area contributed by atoms with Crippen molar-refractivity contribution in [3.05, 3.63) is 69.2 Å². The standard InChI is InChI=1S/C16H12Cl2N2O/c1-10(12-7-5-11(9-19)6-8-12)20-16(21)13-3-2-4-14(17)15(13)18/h2-8,10H,1H3,(H,20,21). The highest BCUT2D eigenvalue weighted by Crippen LogP contribution is 2.26. The Morgan fingerprint density at radius 3 is 2.48 bits per heavy atom. The maximum Gasteiger partial charge on any atom is 0.253 e. The number of amides is 1. The molecule has 1 amide bonds. The van der Waals surface area contributed by atoms with E-state index in [1.165, 1.54) is 0 Å². The van der Waals surface area contributed by atoms with E-state index in [1.54, 1.807) is 30.3 Å². The second-order valence-electron chi connectivity index (χ2n) is 4.53. The van der Waals surface area contributed by atoms with Crippen LogP contribution in [0.2, 0.25) is 10.0 Å². The molecule has 0 aliphatic carbocycles. The van der Waals surface area contributed by atoms with E-state index in [-0.39, 0.29) is 17.0 Å². The number of rotatable bonds is 3. The Morgan fingerprint density at radius 2 is 1.86 bits per heavy atom. The molecule has 2 rings (SSSR count). The predicted molar refractivity (Wildman–Crippen MR) is 83.5 cm³/mol. The monoisotopic (exact) mass is 318 g/mol. The van der Waals surface area contributed by atoms with Gasteiger partial charge in [0.25, 0.3) is 5.91 Å². The molecule has 0 radical (unpaired) electrons. The minimum absolute atomic E-state index is 0.208. The SMILES string of the molecule is CC(NC(=O)c1cccc(Cl)c1Cl)c1ccc(C#N)cc1. The van der Waals surface area contributed by atoms with Crippen molar-refractivity contribution in [3.63, 3.8) is 0 Å². The maximum atomic E-state index is 12.2. The first-order valence-electron chi connectivity index (χ1n) is 6.28. The molecule has 0 spiro atoms. The van der Waals surface area contributed by atoms with Gasteiger partial charge in [-0.3, -0.25) is 4.79 Å². The van der Waals surface area contributed by atoms with Crippen molar-refractivity contribution in [2.24, 2.45) is 0 Å². The van der Waals surface area contributed by atoms with Crippen molar-refractivity contribution in [1.82, 2.24) is 5.32 Å². The highest BCUT2D eigenvalue weighted by Gasteiger charge is 2.15. The third-order valence-electron chi connectivity index (χ3n) is 3.08. The summed E-state index contributed by atoms with van der Waals surface area (Å²) in [5, 5.41) is 12.2. The number of carbonyl (C=O) groups excluding carboxylic acids is 1. The predicted octanol–water partition coefficient (Wildman–Crippen LogP) is 4.36. The molecule has 5 heteroatoms. The number of carbonyl (C=O) groups is 1. The molecule has 21 heavy (non-hydrogen) atoms. The minimum atomic E-state index is -0.292. The van der Waals surface area contributed by atoms with Crippen LogP contribution >= 0.6 is 23.2 Å². The highest BCUT2D eigenvalue weighted by atomic mass is 35.5. The molecule has 2 aromatic rings. The number of nitrogens with one attached hydrogen (secondary N) is 1. The van der Waals surface area contributed by atoms with Crippen molar-refractivity contribution in [3.8, 4) is 6.07 Å². The number of halogens is 2. The van der Waals surface area contributed by atoms with Crippen LogP contribution in [0.4, 0.5) is 0 Å². The molecule has 0 saturated carbocycles. The number of benzene rings is 2. The lowest BCUT2D eigenvalue weighted by molar-refractivity contribution is 0.0940. The largest absolute Gasteiger partial charge is 0.345 e. The molecule has 2 aromatic carbocycles. The Labute approximate surface area is 133 Å². The maximum absolute atomic E-state index is 12.2. The molecule has 106 valence electrons. The first kappa shape index (κ1) is 15.4. The van der Waals surface area contributed by atoms with Crippen molar-refractivity contribution in [2.75, 3.05) is 0 Å². The van der Waals surface area contributed by atoms with Gasteiger partial charge in [-0.05, 0) is 36.8 Å². The Balaban J connectivity index is 2.15. The van der Waals surface area contributed by atoms with E-state index in [9.17, 15) is 4.79 Å². The normalized spacial score (nSPS) is 11.5. The number of hydrogen-bond acceptors (Lipinski definition) is 2. The van der Waals surface area contributed by atoms with Gasteiger partial charge in [0.05, 0.1) is 33.3 Å². The van der Waals surface area contributed by atoms with E-state index in [2.05, 4.69) is 11.4 Å². The first-order valence-corrected chi connectivity index (χ1v) is 7.03. The zero-order valence-electron chi connectivity index (χ0n) is 11.2. The van der Waals surface area contributed by atoms with Gasteiger partial charge >= 0.3 is 0 Å². The van der Waals surface area contributed by atoms with Gasteiger partial charge in [0.2, 0.25) is 0 Å². The first-order chi connectivity index (χ1) is 10.0. The molecular weight excluding hydrogens is 307 g/mol. The van der Waals surface area contributed by atoms with Gasteiger partial charge in [-0.1, -0.05) is 41.4 Å². The van der Waals surface area contributed by atoms with E-state index < -0.39 is 0 Å². The van der Waals surface area contributed by atoms with Gasteiger partial charge in [0.15, 0.2) is 0 Å². The number of nitrogens with zero attached hydrogens (tertiary/aromatic N) is 1. The fourth-order valence-corrected chi connectivity index (χ4v) is 2.27. The summed E-state index contributed by atoms with van der Waals surface area (Å²) in [7, 11) is 0. The smallest absolute Gasteiger partial charge is 0.253 e. The van der Waals surface area contributed by atoms with E-state index in [4.69, 9.17) is 28.5 Å². The average Bonchev–Trinajstić information content (AvgIpc) is 2.50. The zero-order valence-corrected chi connectivity index (χ0v) is 12.7. The summed E-state index contributed by atoms with van der Waals surface area (Å²) < 4.78 is 0. The molecule has 1 atom stereocenters. The van der Waals surface area contributed by atoms with Crippen LogP contribution < -0.4 is 5.32 Å². The van der Waals surface area contributed by atoms with Gasteiger partial charge in [-0.25, -0.2) is 0 Å².